The van der Waals surface area contributed by atoms with E-state index in [9.17, 15) is 19.5 Å². The number of amides is 1. The highest BCUT2D eigenvalue weighted by atomic mass is 35.5. The first-order valence-corrected chi connectivity index (χ1v) is 11.2. The van der Waals surface area contributed by atoms with E-state index in [0.717, 1.165) is 11.3 Å². The molecule has 1 N–H and O–H groups in total. The number of methoxy groups -OCH3 is 1. The third-order valence-corrected chi connectivity index (χ3v) is 6.75. The summed E-state index contributed by atoms with van der Waals surface area (Å²) in [5, 5.41) is 12.1. The molecule has 7 nitrogen and oxygen atoms in total. The van der Waals surface area contributed by atoms with Crippen LogP contribution in [0.4, 0.5) is 5.13 Å². The van der Waals surface area contributed by atoms with Gasteiger partial charge in [-0.1, -0.05) is 46.7 Å². The van der Waals surface area contributed by atoms with E-state index in [1.165, 1.54) is 12.0 Å². The van der Waals surface area contributed by atoms with Gasteiger partial charge in [0.05, 0.1) is 24.4 Å². The summed E-state index contributed by atoms with van der Waals surface area (Å²) in [6, 6.07) is 11.8. The molecule has 1 aliphatic rings. The first-order valence-electron chi connectivity index (χ1n) is 9.61. The molecule has 1 aromatic heterocycles. The van der Waals surface area contributed by atoms with E-state index < -0.39 is 23.7 Å². The number of aryl methyl sites for hydroxylation is 1. The van der Waals surface area contributed by atoms with Crippen LogP contribution in [0, 0.1) is 6.92 Å². The van der Waals surface area contributed by atoms with Crippen molar-refractivity contribution < 1.29 is 24.2 Å². The van der Waals surface area contributed by atoms with Crippen LogP contribution in [0.15, 0.2) is 54.1 Å². The Hall–Kier alpha value is -3.20. The molecule has 4 rings (SSSR count). The Bertz CT molecular complexity index is 1300. The lowest BCUT2D eigenvalue weighted by molar-refractivity contribution is -0.132. The fraction of sp³-hybridized carbons (Fsp3) is 0.130. The molecule has 1 atom stereocenters. The van der Waals surface area contributed by atoms with Gasteiger partial charge in [0.25, 0.3) is 5.78 Å². The topological polar surface area (TPSA) is 96.8 Å². The number of benzene rings is 2. The van der Waals surface area contributed by atoms with Crippen LogP contribution in [0.5, 0.6) is 0 Å². The summed E-state index contributed by atoms with van der Waals surface area (Å²) in [7, 11) is 1.24. The molecule has 10 heteroatoms. The number of hydrogen-bond acceptors (Lipinski definition) is 7. The molecule has 0 aliphatic carbocycles. The number of thiazole rings is 1. The monoisotopic (exact) mass is 502 g/mol. The van der Waals surface area contributed by atoms with Gasteiger partial charge in [-0.25, -0.2) is 9.78 Å². The lowest BCUT2D eigenvalue weighted by atomic mass is 9.95. The summed E-state index contributed by atoms with van der Waals surface area (Å²) < 4.78 is 4.78. The van der Waals surface area contributed by atoms with Crippen molar-refractivity contribution in [2.24, 2.45) is 0 Å². The van der Waals surface area contributed by atoms with Crippen LogP contribution in [0.25, 0.3) is 5.76 Å². The average molecular weight is 503 g/mol. The summed E-state index contributed by atoms with van der Waals surface area (Å²) in [4.78, 5) is 44.1. The van der Waals surface area contributed by atoms with Crippen molar-refractivity contribution in [1.29, 1.82) is 0 Å². The van der Waals surface area contributed by atoms with Crippen LogP contribution in [-0.2, 0) is 14.3 Å². The number of aliphatic hydroxyl groups is 1. The molecule has 1 saturated heterocycles. The van der Waals surface area contributed by atoms with Crippen LogP contribution >= 0.6 is 34.5 Å². The van der Waals surface area contributed by atoms with E-state index in [2.05, 4.69) is 4.98 Å². The molecule has 0 bridgehead atoms. The van der Waals surface area contributed by atoms with Gasteiger partial charge in [-0.2, -0.15) is 0 Å². The molecule has 168 valence electrons. The molecule has 2 heterocycles. The maximum absolute atomic E-state index is 13.2. The Kier molecular flexibility index (Phi) is 6.25. The van der Waals surface area contributed by atoms with E-state index in [4.69, 9.17) is 27.9 Å². The van der Waals surface area contributed by atoms with Crippen molar-refractivity contribution in [3.63, 3.8) is 0 Å². The van der Waals surface area contributed by atoms with E-state index in [-0.39, 0.29) is 21.3 Å². The van der Waals surface area contributed by atoms with Crippen molar-refractivity contribution in [2.45, 2.75) is 13.0 Å². The molecule has 33 heavy (non-hydrogen) atoms. The fourth-order valence-electron chi connectivity index (χ4n) is 3.52. The molecular formula is C23H16Cl2N2O5S. The highest BCUT2D eigenvalue weighted by Crippen LogP contribution is 2.44. The largest absolute Gasteiger partial charge is 0.507 e. The number of ether oxygens (including phenoxy) is 1. The summed E-state index contributed by atoms with van der Waals surface area (Å²) >= 11 is 12.9. The van der Waals surface area contributed by atoms with Crippen LogP contribution < -0.4 is 4.90 Å². The molecule has 2 aromatic carbocycles. The van der Waals surface area contributed by atoms with Crippen molar-refractivity contribution >= 4 is 63.1 Å². The molecule has 0 radical (unpaired) electrons. The third kappa shape index (κ3) is 4.13. The van der Waals surface area contributed by atoms with Gasteiger partial charge in [-0.3, -0.25) is 14.5 Å². The number of hydrogen-bond donors (Lipinski definition) is 1. The van der Waals surface area contributed by atoms with E-state index >= 15 is 0 Å². The van der Waals surface area contributed by atoms with Gasteiger partial charge in [0.1, 0.15) is 10.6 Å². The number of aromatic nitrogens is 1. The minimum absolute atomic E-state index is 0.114. The lowest BCUT2D eigenvalue weighted by Gasteiger charge is -2.23. The number of rotatable bonds is 4. The SMILES string of the molecule is COC(=O)c1sc(N2C(=O)C(=O)C(=C(O)c3ccc(Cl)cc3)[C@H]2c2ccc(Cl)cc2)nc1C. The Morgan fingerprint density at radius 3 is 2.21 bits per heavy atom. The molecule has 1 aliphatic heterocycles. The average Bonchev–Trinajstić information content (AvgIpc) is 3.31. The Morgan fingerprint density at radius 1 is 1.06 bits per heavy atom. The highest BCUT2D eigenvalue weighted by molar-refractivity contribution is 7.17. The lowest BCUT2D eigenvalue weighted by Crippen LogP contribution is -2.29. The maximum atomic E-state index is 13.2. The van der Waals surface area contributed by atoms with Gasteiger partial charge in [0.15, 0.2) is 5.13 Å². The predicted molar refractivity (Wildman–Crippen MR) is 126 cm³/mol. The minimum atomic E-state index is -0.992. The number of carbonyl (C=O) groups is 3. The quantitative estimate of drug-likeness (QED) is 0.228. The second-order valence-electron chi connectivity index (χ2n) is 7.13. The van der Waals surface area contributed by atoms with Crippen molar-refractivity contribution in [2.75, 3.05) is 12.0 Å². The fourth-order valence-corrected chi connectivity index (χ4v) is 4.78. The first kappa shape index (κ1) is 23.0. The van der Waals surface area contributed by atoms with Gasteiger partial charge in [0, 0.05) is 15.6 Å². The minimum Gasteiger partial charge on any atom is -0.507 e. The second kappa shape index (κ2) is 8.97. The summed E-state index contributed by atoms with van der Waals surface area (Å²) in [5.74, 6) is -2.71. The number of ketones is 1. The molecular weight excluding hydrogens is 487 g/mol. The van der Waals surface area contributed by atoms with Crippen LogP contribution in [0.1, 0.15) is 32.5 Å². The molecule has 3 aromatic rings. The number of nitrogens with zero attached hydrogens (tertiary/aromatic N) is 2. The molecule has 0 saturated carbocycles. The smallest absolute Gasteiger partial charge is 0.350 e. The summed E-state index contributed by atoms with van der Waals surface area (Å²) in [6.45, 7) is 1.61. The Labute approximate surface area is 202 Å². The van der Waals surface area contributed by atoms with Crippen LogP contribution in [-0.4, -0.2) is 34.9 Å². The van der Waals surface area contributed by atoms with Gasteiger partial charge >= 0.3 is 11.9 Å². The van der Waals surface area contributed by atoms with Crippen molar-refractivity contribution in [1.82, 2.24) is 4.98 Å². The Balaban J connectivity index is 1.93. The Morgan fingerprint density at radius 2 is 1.64 bits per heavy atom. The zero-order chi connectivity index (χ0) is 23.9. The standard InChI is InChI=1S/C23H16Cl2N2O5S/c1-11-20(22(31)32-2)33-23(26-11)27-17(12-3-7-14(24)8-4-12)16(19(29)21(27)30)18(28)13-5-9-15(25)10-6-13/h3-10,17,28H,1-2H3/t17-/m1/s1. The third-order valence-electron chi connectivity index (χ3n) is 5.11. The van der Waals surface area contributed by atoms with Gasteiger partial charge in [-0.05, 0) is 48.9 Å². The predicted octanol–water partition coefficient (Wildman–Crippen LogP) is 5.17. The number of carbonyl (C=O) groups excluding carboxylic acids is 3. The van der Waals surface area contributed by atoms with Gasteiger partial charge < -0.3 is 9.84 Å². The van der Waals surface area contributed by atoms with Gasteiger partial charge in [-0.15, -0.1) is 0 Å². The number of aliphatic hydroxyl groups excluding tert-OH is 1. The molecule has 1 amide bonds. The van der Waals surface area contributed by atoms with Gasteiger partial charge in [0.2, 0.25) is 0 Å². The number of Topliss-reactive ketones (excluding diaryl/α,β-unsaturated/α-hetero) is 1. The first-order chi connectivity index (χ1) is 15.7. The number of anilines is 1. The summed E-state index contributed by atoms with van der Waals surface area (Å²) in [6.07, 6.45) is 0. The normalized spacial score (nSPS) is 17.5. The van der Waals surface area contributed by atoms with Crippen LogP contribution in [0.3, 0.4) is 0 Å². The second-order valence-corrected chi connectivity index (χ2v) is 8.98. The van der Waals surface area contributed by atoms with E-state index in [1.807, 2.05) is 0 Å². The summed E-state index contributed by atoms with van der Waals surface area (Å²) in [5.41, 5.74) is 1.09. The number of halogens is 2. The highest BCUT2D eigenvalue weighted by Gasteiger charge is 2.48. The van der Waals surface area contributed by atoms with E-state index in [1.54, 1.807) is 55.5 Å². The number of esters is 1. The zero-order valence-electron chi connectivity index (χ0n) is 17.3. The molecule has 1 fully saturated rings. The molecule has 0 spiro atoms. The van der Waals surface area contributed by atoms with Crippen molar-refractivity contribution in [3.05, 3.63) is 85.8 Å². The van der Waals surface area contributed by atoms with Crippen molar-refractivity contribution in [3.8, 4) is 0 Å². The van der Waals surface area contributed by atoms with E-state index in [0.29, 0.717) is 26.9 Å². The zero-order valence-corrected chi connectivity index (χ0v) is 19.7. The van der Waals surface area contributed by atoms with Crippen LogP contribution in [0.2, 0.25) is 10.0 Å². The molecule has 0 unspecified atom stereocenters. The maximum Gasteiger partial charge on any atom is 0.350 e.